The van der Waals surface area contributed by atoms with Gasteiger partial charge in [-0.25, -0.2) is 23.1 Å². The standard InChI is InChI=1S/C12H17N5O2S/c1-5-17-7-11(10(4)15-17)20(18,19)16-12-13-8(2)6-9(3)14-12/h6-7H,5H2,1-4H3,(H,13,14,16). The minimum atomic E-state index is -3.73. The summed E-state index contributed by atoms with van der Waals surface area (Å²) in [6.45, 7) is 7.72. The van der Waals surface area contributed by atoms with Gasteiger partial charge in [0.15, 0.2) is 0 Å². The van der Waals surface area contributed by atoms with E-state index in [4.69, 9.17) is 0 Å². The van der Waals surface area contributed by atoms with Crippen LogP contribution in [0.3, 0.4) is 0 Å². The van der Waals surface area contributed by atoms with Crippen molar-refractivity contribution in [3.63, 3.8) is 0 Å². The Kier molecular flexibility index (Phi) is 3.76. The Morgan fingerprint density at radius 1 is 1.20 bits per heavy atom. The van der Waals surface area contributed by atoms with Gasteiger partial charge in [-0.05, 0) is 33.8 Å². The van der Waals surface area contributed by atoms with Gasteiger partial charge in [-0.3, -0.25) is 4.68 Å². The Hall–Kier alpha value is -1.96. The molecular weight excluding hydrogens is 278 g/mol. The predicted octanol–water partition coefficient (Wildman–Crippen LogP) is 1.42. The summed E-state index contributed by atoms with van der Waals surface area (Å²) in [6, 6.07) is 1.78. The smallest absolute Gasteiger partial charge is 0.267 e. The Labute approximate surface area is 118 Å². The van der Waals surface area contributed by atoms with E-state index < -0.39 is 10.0 Å². The molecule has 108 valence electrons. The van der Waals surface area contributed by atoms with Gasteiger partial charge >= 0.3 is 0 Å². The maximum atomic E-state index is 12.3. The fourth-order valence-corrected chi connectivity index (χ4v) is 3.00. The third-order valence-electron chi connectivity index (χ3n) is 2.72. The van der Waals surface area contributed by atoms with Crippen LogP contribution in [0, 0.1) is 20.8 Å². The third-order valence-corrected chi connectivity index (χ3v) is 4.15. The van der Waals surface area contributed by atoms with Crippen LogP contribution in [0.2, 0.25) is 0 Å². The van der Waals surface area contributed by atoms with Gasteiger partial charge in [0.2, 0.25) is 5.95 Å². The van der Waals surface area contributed by atoms with Gasteiger partial charge in [0, 0.05) is 24.1 Å². The number of aryl methyl sites for hydroxylation is 4. The number of sulfonamides is 1. The first-order valence-electron chi connectivity index (χ1n) is 6.21. The molecule has 0 amide bonds. The average Bonchev–Trinajstić information content (AvgIpc) is 2.69. The van der Waals surface area contributed by atoms with E-state index >= 15 is 0 Å². The van der Waals surface area contributed by atoms with E-state index in [1.165, 1.54) is 6.20 Å². The number of rotatable bonds is 4. The van der Waals surface area contributed by atoms with E-state index in [2.05, 4.69) is 19.8 Å². The Morgan fingerprint density at radius 3 is 2.30 bits per heavy atom. The molecule has 0 aliphatic rings. The lowest BCUT2D eigenvalue weighted by atomic mass is 10.4. The van der Waals surface area contributed by atoms with Crippen molar-refractivity contribution in [3.8, 4) is 0 Å². The lowest BCUT2D eigenvalue weighted by Gasteiger charge is -2.06. The van der Waals surface area contributed by atoms with E-state index in [-0.39, 0.29) is 10.8 Å². The molecule has 0 aliphatic carbocycles. The maximum Gasteiger partial charge on any atom is 0.267 e. The second-order valence-electron chi connectivity index (χ2n) is 4.51. The van der Waals surface area contributed by atoms with Crippen molar-refractivity contribution in [1.29, 1.82) is 0 Å². The normalized spacial score (nSPS) is 11.6. The van der Waals surface area contributed by atoms with Crippen molar-refractivity contribution in [3.05, 3.63) is 29.3 Å². The van der Waals surface area contributed by atoms with Gasteiger partial charge in [0.25, 0.3) is 10.0 Å². The fourth-order valence-electron chi connectivity index (χ4n) is 1.87. The summed E-state index contributed by atoms with van der Waals surface area (Å²) >= 11 is 0. The first-order valence-corrected chi connectivity index (χ1v) is 7.69. The van der Waals surface area contributed by atoms with Crippen LogP contribution >= 0.6 is 0 Å². The quantitative estimate of drug-likeness (QED) is 0.921. The Balaban J connectivity index is 2.37. The molecule has 7 nitrogen and oxygen atoms in total. The molecule has 0 aliphatic heterocycles. The highest BCUT2D eigenvalue weighted by atomic mass is 32.2. The summed E-state index contributed by atoms with van der Waals surface area (Å²) in [7, 11) is -3.73. The molecule has 2 heterocycles. The number of aromatic nitrogens is 4. The number of hydrogen-bond donors (Lipinski definition) is 1. The van der Waals surface area contributed by atoms with E-state index in [0.29, 0.717) is 23.6 Å². The van der Waals surface area contributed by atoms with Crippen molar-refractivity contribution in [2.45, 2.75) is 39.1 Å². The molecule has 20 heavy (non-hydrogen) atoms. The average molecular weight is 295 g/mol. The van der Waals surface area contributed by atoms with Crippen molar-refractivity contribution in [2.24, 2.45) is 0 Å². The molecule has 0 bridgehead atoms. The highest BCUT2D eigenvalue weighted by Gasteiger charge is 2.21. The number of hydrogen-bond acceptors (Lipinski definition) is 5. The SMILES string of the molecule is CCn1cc(S(=O)(=O)Nc2nc(C)cc(C)n2)c(C)n1. The number of nitrogens with one attached hydrogen (secondary N) is 1. The van der Waals surface area contributed by atoms with Crippen LogP contribution in [0.15, 0.2) is 17.2 Å². The van der Waals surface area contributed by atoms with Crippen molar-refractivity contribution < 1.29 is 8.42 Å². The van der Waals surface area contributed by atoms with Gasteiger partial charge in [-0.1, -0.05) is 0 Å². The fraction of sp³-hybridized carbons (Fsp3) is 0.417. The molecule has 2 aromatic rings. The van der Waals surface area contributed by atoms with Crippen LogP contribution in [-0.4, -0.2) is 28.2 Å². The summed E-state index contributed by atoms with van der Waals surface area (Å²) in [6.07, 6.45) is 1.50. The number of nitrogens with zero attached hydrogens (tertiary/aromatic N) is 4. The molecule has 2 aromatic heterocycles. The van der Waals surface area contributed by atoms with Gasteiger partial charge in [-0.15, -0.1) is 0 Å². The molecule has 0 saturated carbocycles. The molecule has 0 radical (unpaired) electrons. The van der Waals surface area contributed by atoms with Crippen LogP contribution in [0.1, 0.15) is 24.0 Å². The Bertz CT molecular complexity index is 716. The minimum Gasteiger partial charge on any atom is -0.271 e. The third kappa shape index (κ3) is 2.96. The first kappa shape index (κ1) is 14.4. The van der Waals surface area contributed by atoms with Crippen LogP contribution in [0.4, 0.5) is 5.95 Å². The minimum absolute atomic E-state index is 0.0751. The Morgan fingerprint density at radius 2 is 1.80 bits per heavy atom. The second-order valence-corrected chi connectivity index (χ2v) is 6.17. The monoisotopic (exact) mass is 295 g/mol. The summed E-state index contributed by atoms with van der Waals surface area (Å²) in [4.78, 5) is 8.29. The largest absolute Gasteiger partial charge is 0.271 e. The molecule has 0 aromatic carbocycles. The zero-order valence-electron chi connectivity index (χ0n) is 11.9. The lowest BCUT2D eigenvalue weighted by Crippen LogP contribution is -2.16. The summed E-state index contributed by atoms with van der Waals surface area (Å²) < 4.78 is 28.6. The zero-order chi connectivity index (χ0) is 14.9. The topological polar surface area (TPSA) is 89.8 Å². The van der Waals surface area contributed by atoms with Crippen molar-refractivity contribution >= 4 is 16.0 Å². The summed E-state index contributed by atoms with van der Waals surface area (Å²) in [5.41, 5.74) is 1.86. The second kappa shape index (κ2) is 5.20. The molecule has 0 spiro atoms. The number of anilines is 1. The van der Waals surface area contributed by atoms with Crippen molar-refractivity contribution in [2.75, 3.05) is 4.72 Å². The molecule has 1 N–H and O–H groups in total. The van der Waals surface area contributed by atoms with Gasteiger partial charge in [-0.2, -0.15) is 5.10 Å². The highest BCUT2D eigenvalue weighted by Crippen LogP contribution is 2.16. The van der Waals surface area contributed by atoms with Crippen LogP contribution in [0.25, 0.3) is 0 Å². The van der Waals surface area contributed by atoms with Gasteiger partial charge < -0.3 is 0 Å². The van der Waals surface area contributed by atoms with E-state index in [1.807, 2.05) is 6.92 Å². The van der Waals surface area contributed by atoms with E-state index in [9.17, 15) is 8.42 Å². The van der Waals surface area contributed by atoms with Crippen LogP contribution < -0.4 is 4.72 Å². The van der Waals surface area contributed by atoms with E-state index in [1.54, 1.807) is 31.5 Å². The van der Waals surface area contributed by atoms with Gasteiger partial charge in [0.1, 0.15) is 4.90 Å². The molecule has 0 fully saturated rings. The molecule has 0 unspecified atom stereocenters. The summed E-state index contributed by atoms with van der Waals surface area (Å²) in [5.74, 6) is 0.0751. The molecule has 0 saturated heterocycles. The lowest BCUT2D eigenvalue weighted by molar-refractivity contribution is 0.599. The zero-order valence-corrected chi connectivity index (χ0v) is 12.7. The molecule has 8 heteroatoms. The molecular formula is C12H17N5O2S. The maximum absolute atomic E-state index is 12.3. The molecule has 0 atom stereocenters. The summed E-state index contributed by atoms with van der Waals surface area (Å²) in [5, 5.41) is 4.13. The van der Waals surface area contributed by atoms with E-state index in [0.717, 1.165) is 0 Å². The van der Waals surface area contributed by atoms with Crippen molar-refractivity contribution in [1.82, 2.24) is 19.7 Å². The van der Waals surface area contributed by atoms with Crippen LogP contribution in [0.5, 0.6) is 0 Å². The molecule has 2 rings (SSSR count). The highest BCUT2D eigenvalue weighted by molar-refractivity contribution is 7.92. The van der Waals surface area contributed by atoms with Gasteiger partial charge in [0.05, 0.1) is 5.69 Å². The first-order chi connectivity index (χ1) is 9.31. The van der Waals surface area contributed by atoms with Crippen LogP contribution in [-0.2, 0) is 16.6 Å². The predicted molar refractivity (Wildman–Crippen MR) is 75.0 cm³/mol.